The van der Waals surface area contributed by atoms with E-state index in [9.17, 15) is 9.90 Å². The molecule has 0 spiro atoms. The lowest BCUT2D eigenvalue weighted by atomic mass is 9.72. The summed E-state index contributed by atoms with van der Waals surface area (Å²) in [6.07, 6.45) is 15.0. The number of carboxylic acid groups (broad SMARTS) is 1. The van der Waals surface area contributed by atoms with Gasteiger partial charge in [0.05, 0.1) is 12.1 Å². The number of aliphatic hydroxyl groups is 1. The molecule has 0 amide bonds. The van der Waals surface area contributed by atoms with Gasteiger partial charge in [0.15, 0.2) is 5.76 Å². The van der Waals surface area contributed by atoms with E-state index in [0.29, 0.717) is 18.1 Å². The Morgan fingerprint density at radius 1 is 1.00 bits per heavy atom. The molecule has 6 nitrogen and oxygen atoms in total. The van der Waals surface area contributed by atoms with Crippen LogP contribution in [0.25, 0.3) is 22.4 Å². The first-order chi connectivity index (χ1) is 21.6. The van der Waals surface area contributed by atoms with Gasteiger partial charge in [0.2, 0.25) is 0 Å². The topological polar surface area (TPSA) is 88.5 Å². The van der Waals surface area contributed by atoms with Crippen molar-refractivity contribution in [2.75, 3.05) is 0 Å². The number of para-hydroxylation sites is 1. The number of carboxylic acids is 1. The van der Waals surface area contributed by atoms with Crippen LogP contribution in [-0.2, 0) is 17.9 Å². The van der Waals surface area contributed by atoms with Crippen LogP contribution in [0.3, 0.4) is 0 Å². The molecule has 0 saturated carbocycles. The van der Waals surface area contributed by atoms with Gasteiger partial charge in [0, 0.05) is 11.5 Å². The van der Waals surface area contributed by atoms with E-state index >= 15 is 0 Å². The third-order valence-electron chi connectivity index (χ3n) is 8.01. The van der Waals surface area contributed by atoms with E-state index in [-0.39, 0.29) is 12.0 Å². The third-order valence-corrected chi connectivity index (χ3v) is 8.01. The van der Waals surface area contributed by atoms with Gasteiger partial charge in [-0.3, -0.25) is 4.68 Å². The van der Waals surface area contributed by atoms with E-state index < -0.39 is 5.97 Å². The van der Waals surface area contributed by atoms with Gasteiger partial charge >= 0.3 is 5.97 Å². The Kier molecular flexibility index (Phi) is 11.3. The van der Waals surface area contributed by atoms with Gasteiger partial charge < -0.3 is 14.6 Å². The summed E-state index contributed by atoms with van der Waals surface area (Å²) in [5.74, 6) is 0.309. The fraction of sp³-hybridized carbons (Fsp3) is 0.282. The summed E-state index contributed by atoms with van der Waals surface area (Å²) in [5, 5.41) is 23.6. The van der Waals surface area contributed by atoms with Crippen molar-refractivity contribution in [3.05, 3.63) is 137 Å². The molecule has 45 heavy (non-hydrogen) atoms. The normalized spacial score (nSPS) is 15.6. The van der Waals surface area contributed by atoms with Crippen molar-refractivity contribution < 1.29 is 19.4 Å². The summed E-state index contributed by atoms with van der Waals surface area (Å²) in [6.45, 7) is 11.3. The molecular weight excluding hydrogens is 560 g/mol. The minimum absolute atomic E-state index is 0.108. The number of aliphatic hydroxyl groups excluding tert-OH is 1. The third kappa shape index (κ3) is 9.16. The molecule has 1 aliphatic rings. The van der Waals surface area contributed by atoms with Gasteiger partial charge in [0.25, 0.3) is 0 Å². The number of allylic oxidation sites excluding steroid dienone is 9. The van der Waals surface area contributed by atoms with E-state index in [1.807, 2.05) is 59.3 Å². The number of hydrogen-bond acceptors (Lipinski definition) is 4. The molecule has 1 aliphatic carbocycles. The highest BCUT2D eigenvalue weighted by Gasteiger charge is 2.26. The summed E-state index contributed by atoms with van der Waals surface area (Å²) < 4.78 is 7.65. The Hall–Kier alpha value is -4.68. The second kappa shape index (κ2) is 15.4. The molecule has 5 rings (SSSR count). The van der Waals surface area contributed by atoms with Gasteiger partial charge in [-0.2, -0.15) is 5.10 Å². The predicted octanol–water partition coefficient (Wildman–Crippen LogP) is 9.44. The molecule has 4 aromatic rings. The standard InChI is InChI=1S/C20H28O2.C19H16N2O2/c1-15(8-6-9-16(2)14-19(21)22)11-12-18-17(3)10-7-13-20(18,4)5;22-13-15-10-11-18(23-15)19-16-8-4-5-9-17(16)21(20-19)12-14-6-2-1-3-7-14/h6,8-9,11-12,14H,7,10,13H2,1-5H3,(H,21,22);1-11,22H,12-13H2/b9-6+,12-11+,15-8+,16-14+;. The van der Waals surface area contributed by atoms with Crippen molar-refractivity contribution >= 4 is 16.9 Å². The van der Waals surface area contributed by atoms with Crippen LogP contribution in [0.4, 0.5) is 0 Å². The Labute approximate surface area is 266 Å². The molecule has 6 heteroatoms. The molecule has 2 aromatic carbocycles. The van der Waals surface area contributed by atoms with E-state index in [4.69, 9.17) is 14.6 Å². The van der Waals surface area contributed by atoms with Crippen LogP contribution < -0.4 is 0 Å². The molecule has 2 heterocycles. The number of carbonyl (C=O) groups is 1. The smallest absolute Gasteiger partial charge is 0.328 e. The zero-order valence-electron chi connectivity index (χ0n) is 27.0. The van der Waals surface area contributed by atoms with Gasteiger partial charge in [-0.15, -0.1) is 0 Å². The number of rotatable bonds is 9. The molecule has 234 valence electrons. The first-order valence-corrected chi connectivity index (χ1v) is 15.4. The van der Waals surface area contributed by atoms with Crippen LogP contribution in [0.15, 0.2) is 130 Å². The SMILES string of the molecule is CC1=C(/C=C/C(C)=C/C=C/C(C)=C/C(=O)O)C(C)(C)CCC1.OCc1ccc(-c2nn(Cc3ccccc3)c3ccccc23)o1. The second-order valence-electron chi connectivity index (χ2n) is 12.2. The predicted molar refractivity (Wildman–Crippen MR) is 183 cm³/mol. The van der Waals surface area contributed by atoms with Crippen molar-refractivity contribution in [3.8, 4) is 11.5 Å². The molecule has 0 unspecified atom stereocenters. The van der Waals surface area contributed by atoms with Crippen molar-refractivity contribution in [1.29, 1.82) is 0 Å². The van der Waals surface area contributed by atoms with Crippen LogP contribution in [0.2, 0.25) is 0 Å². The Balaban J connectivity index is 0.000000205. The van der Waals surface area contributed by atoms with Gasteiger partial charge in [-0.1, -0.05) is 104 Å². The Morgan fingerprint density at radius 3 is 2.42 bits per heavy atom. The molecule has 0 saturated heterocycles. The van der Waals surface area contributed by atoms with Crippen LogP contribution in [-0.4, -0.2) is 26.0 Å². The number of aliphatic carboxylic acids is 1. The van der Waals surface area contributed by atoms with Crippen molar-refractivity contribution in [2.45, 2.75) is 67.0 Å². The minimum atomic E-state index is -0.912. The van der Waals surface area contributed by atoms with Crippen LogP contribution in [0.5, 0.6) is 0 Å². The van der Waals surface area contributed by atoms with Crippen LogP contribution in [0, 0.1) is 5.41 Å². The van der Waals surface area contributed by atoms with E-state index in [0.717, 1.165) is 27.7 Å². The number of benzene rings is 2. The summed E-state index contributed by atoms with van der Waals surface area (Å²) in [5.41, 5.74) is 8.16. The van der Waals surface area contributed by atoms with Gasteiger partial charge in [-0.05, 0) is 80.4 Å². The quantitative estimate of drug-likeness (QED) is 0.147. The lowest BCUT2D eigenvalue weighted by Crippen LogP contribution is -2.19. The summed E-state index contributed by atoms with van der Waals surface area (Å²) in [7, 11) is 0. The molecule has 2 aromatic heterocycles. The lowest BCUT2D eigenvalue weighted by molar-refractivity contribution is -0.131. The first kappa shape index (κ1) is 33.2. The average Bonchev–Trinajstić information content (AvgIpc) is 3.62. The summed E-state index contributed by atoms with van der Waals surface area (Å²) in [4.78, 5) is 10.5. The molecule has 0 fully saturated rings. The highest BCUT2D eigenvalue weighted by atomic mass is 16.4. The number of hydrogen-bond donors (Lipinski definition) is 2. The first-order valence-electron chi connectivity index (χ1n) is 15.4. The maximum atomic E-state index is 10.5. The fourth-order valence-corrected chi connectivity index (χ4v) is 5.65. The second-order valence-corrected chi connectivity index (χ2v) is 12.2. The molecule has 0 bridgehead atoms. The number of aromatic nitrogens is 2. The lowest BCUT2D eigenvalue weighted by Gasteiger charge is -2.32. The summed E-state index contributed by atoms with van der Waals surface area (Å²) >= 11 is 0. The van der Waals surface area contributed by atoms with Gasteiger partial charge in [-0.25, -0.2) is 4.79 Å². The average molecular weight is 605 g/mol. The molecule has 0 aliphatic heterocycles. The van der Waals surface area contributed by atoms with Crippen molar-refractivity contribution in [2.24, 2.45) is 5.41 Å². The van der Waals surface area contributed by atoms with Crippen molar-refractivity contribution in [1.82, 2.24) is 9.78 Å². The van der Waals surface area contributed by atoms with Gasteiger partial charge in [0.1, 0.15) is 18.1 Å². The van der Waals surface area contributed by atoms with Crippen molar-refractivity contribution in [3.63, 3.8) is 0 Å². The molecule has 2 N–H and O–H groups in total. The summed E-state index contributed by atoms with van der Waals surface area (Å²) in [6, 6.07) is 22.0. The largest absolute Gasteiger partial charge is 0.478 e. The zero-order valence-corrected chi connectivity index (χ0v) is 27.0. The number of fused-ring (bicyclic) bond motifs is 1. The van der Waals surface area contributed by atoms with E-state index in [1.54, 1.807) is 19.1 Å². The monoisotopic (exact) mass is 604 g/mol. The zero-order chi connectivity index (χ0) is 32.4. The highest BCUT2D eigenvalue weighted by Crippen LogP contribution is 2.40. The Bertz CT molecular complexity index is 1760. The van der Waals surface area contributed by atoms with Crippen LogP contribution in [0.1, 0.15) is 65.2 Å². The molecule has 0 atom stereocenters. The molecule has 0 radical (unpaired) electrons. The van der Waals surface area contributed by atoms with E-state index in [1.165, 1.54) is 42.0 Å². The number of furan rings is 1. The fourth-order valence-electron chi connectivity index (χ4n) is 5.65. The Morgan fingerprint density at radius 2 is 1.73 bits per heavy atom. The number of nitrogens with zero attached hydrogens (tertiary/aromatic N) is 2. The maximum Gasteiger partial charge on any atom is 0.328 e. The maximum absolute atomic E-state index is 10.5. The minimum Gasteiger partial charge on any atom is -0.478 e. The molecular formula is C39H44N2O4. The van der Waals surface area contributed by atoms with E-state index in [2.05, 4.69) is 58.0 Å². The van der Waals surface area contributed by atoms with Crippen LogP contribution >= 0.6 is 0 Å². The highest BCUT2D eigenvalue weighted by molar-refractivity contribution is 5.92.